The van der Waals surface area contributed by atoms with E-state index in [4.69, 9.17) is 0 Å². The molecule has 0 aromatic heterocycles. The van der Waals surface area contributed by atoms with Crippen molar-refractivity contribution < 1.29 is 0 Å². The van der Waals surface area contributed by atoms with Gasteiger partial charge in [-0.3, -0.25) is 0 Å². The van der Waals surface area contributed by atoms with E-state index in [0.717, 1.165) is 13.0 Å². The third-order valence-corrected chi connectivity index (χ3v) is 0.743. The predicted molar refractivity (Wildman–Crippen MR) is 32.9 cm³/mol. The molecule has 1 N–H and O–H groups in total. The van der Waals surface area contributed by atoms with Gasteiger partial charge < -0.3 is 5.32 Å². The van der Waals surface area contributed by atoms with Gasteiger partial charge in [0.25, 0.3) is 0 Å². The fourth-order valence-electron chi connectivity index (χ4n) is 0.391. The highest BCUT2D eigenvalue weighted by molar-refractivity contribution is 4.55. The van der Waals surface area contributed by atoms with Gasteiger partial charge in [0, 0.05) is 6.54 Å². The highest BCUT2D eigenvalue weighted by Gasteiger charge is 1.77. The average Bonchev–Trinajstić information content (AvgIpc) is 1.69. The van der Waals surface area contributed by atoms with Crippen molar-refractivity contribution in [2.24, 2.45) is 0 Å². The van der Waals surface area contributed by atoms with Crippen LogP contribution in [-0.2, 0) is 0 Å². The molecule has 0 aliphatic heterocycles. The zero-order valence-electron chi connectivity index (χ0n) is 5.20. The summed E-state index contributed by atoms with van der Waals surface area (Å²) >= 11 is 0. The summed E-state index contributed by atoms with van der Waals surface area (Å²) in [4.78, 5) is 0. The fourth-order valence-corrected chi connectivity index (χ4v) is 0.391. The van der Waals surface area contributed by atoms with E-state index >= 15 is 0 Å². The van der Waals surface area contributed by atoms with Gasteiger partial charge >= 0.3 is 0 Å². The standard InChI is InChI=1S/C6H14N/c1-3-5-7-6-4-2/h5,7H,3-4,6H2,1-2H3. The molecule has 0 aromatic rings. The first-order chi connectivity index (χ1) is 3.41. The van der Waals surface area contributed by atoms with Crippen LogP contribution in [0, 0.1) is 6.54 Å². The molecule has 0 aromatic carbocycles. The maximum absolute atomic E-state index is 3.16. The van der Waals surface area contributed by atoms with E-state index in [9.17, 15) is 0 Å². The Hall–Kier alpha value is -0.0400. The van der Waals surface area contributed by atoms with Crippen molar-refractivity contribution in [2.75, 3.05) is 6.54 Å². The topological polar surface area (TPSA) is 12.0 Å². The minimum Gasteiger partial charge on any atom is -0.312 e. The molecule has 1 heteroatoms. The van der Waals surface area contributed by atoms with Crippen molar-refractivity contribution in [3.8, 4) is 0 Å². The first-order valence-electron chi connectivity index (χ1n) is 2.96. The van der Waals surface area contributed by atoms with Crippen molar-refractivity contribution in [3.63, 3.8) is 0 Å². The number of rotatable bonds is 4. The van der Waals surface area contributed by atoms with E-state index in [0.29, 0.717) is 0 Å². The van der Waals surface area contributed by atoms with E-state index in [1.807, 2.05) is 0 Å². The van der Waals surface area contributed by atoms with Gasteiger partial charge in [-0.25, -0.2) is 0 Å². The molecule has 0 fully saturated rings. The van der Waals surface area contributed by atoms with Crippen molar-refractivity contribution in [3.05, 3.63) is 6.54 Å². The van der Waals surface area contributed by atoms with Gasteiger partial charge in [-0.15, -0.1) is 0 Å². The predicted octanol–water partition coefficient (Wildman–Crippen LogP) is 1.56. The summed E-state index contributed by atoms with van der Waals surface area (Å²) in [7, 11) is 0. The van der Waals surface area contributed by atoms with Crippen LogP contribution in [0.4, 0.5) is 0 Å². The second-order valence-corrected chi connectivity index (χ2v) is 1.57. The minimum absolute atomic E-state index is 1.12. The van der Waals surface area contributed by atoms with E-state index in [1.165, 1.54) is 6.42 Å². The van der Waals surface area contributed by atoms with Gasteiger partial charge in [0.05, 0.1) is 0 Å². The smallest absolute Gasteiger partial charge is 0.0218 e. The lowest BCUT2D eigenvalue weighted by Crippen LogP contribution is -2.09. The lowest BCUT2D eigenvalue weighted by molar-refractivity contribution is 0.735. The van der Waals surface area contributed by atoms with Crippen LogP contribution in [0.25, 0.3) is 0 Å². The summed E-state index contributed by atoms with van der Waals surface area (Å²) in [6, 6.07) is 0. The highest BCUT2D eigenvalue weighted by Crippen LogP contribution is 1.77. The molecule has 0 amide bonds. The molecule has 0 aliphatic rings. The van der Waals surface area contributed by atoms with E-state index in [2.05, 4.69) is 25.7 Å². The first kappa shape index (κ1) is 6.96. The number of hydrogen-bond donors (Lipinski definition) is 1. The molecule has 0 heterocycles. The molecule has 43 valence electrons. The molecule has 0 saturated heterocycles. The quantitative estimate of drug-likeness (QED) is 0.529. The zero-order chi connectivity index (χ0) is 5.54. The first-order valence-corrected chi connectivity index (χ1v) is 2.96. The third-order valence-electron chi connectivity index (χ3n) is 0.743. The van der Waals surface area contributed by atoms with E-state index in [-0.39, 0.29) is 0 Å². The molecule has 0 bridgehead atoms. The van der Waals surface area contributed by atoms with Gasteiger partial charge in [-0.1, -0.05) is 13.8 Å². The Morgan fingerprint density at radius 1 is 1.43 bits per heavy atom. The normalized spacial score (nSPS) is 9.43. The summed E-state index contributed by atoms with van der Waals surface area (Å²) < 4.78 is 0. The molecule has 7 heavy (non-hydrogen) atoms. The third kappa shape index (κ3) is 5.96. The summed E-state index contributed by atoms with van der Waals surface area (Å²) in [5.41, 5.74) is 0. The van der Waals surface area contributed by atoms with Crippen LogP contribution in [0.1, 0.15) is 26.7 Å². The number of nitrogens with one attached hydrogen (secondary N) is 1. The van der Waals surface area contributed by atoms with Crippen LogP contribution >= 0.6 is 0 Å². The summed E-state index contributed by atoms with van der Waals surface area (Å²) in [6.07, 6.45) is 2.34. The summed E-state index contributed by atoms with van der Waals surface area (Å²) in [5.74, 6) is 0. The van der Waals surface area contributed by atoms with Crippen LogP contribution < -0.4 is 5.32 Å². The molecular formula is C6H14N. The largest absolute Gasteiger partial charge is 0.312 e. The zero-order valence-corrected chi connectivity index (χ0v) is 5.20. The second-order valence-electron chi connectivity index (χ2n) is 1.57. The van der Waals surface area contributed by atoms with Crippen LogP contribution in [0.15, 0.2) is 0 Å². The van der Waals surface area contributed by atoms with Crippen LogP contribution in [-0.4, -0.2) is 6.54 Å². The lowest BCUT2D eigenvalue weighted by atomic mass is 10.4. The SMILES string of the molecule is CC[CH]NCCC. The molecule has 1 radical (unpaired) electrons. The fraction of sp³-hybridized carbons (Fsp3) is 0.833. The van der Waals surface area contributed by atoms with E-state index in [1.54, 1.807) is 0 Å². The van der Waals surface area contributed by atoms with Gasteiger partial charge in [-0.05, 0) is 19.4 Å². The average molecular weight is 100 g/mol. The second kappa shape index (κ2) is 5.96. The van der Waals surface area contributed by atoms with E-state index < -0.39 is 0 Å². The minimum atomic E-state index is 1.12. The van der Waals surface area contributed by atoms with Crippen LogP contribution in [0.2, 0.25) is 0 Å². The molecule has 0 atom stereocenters. The summed E-state index contributed by atoms with van der Waals surface area (Å²) in [5, 5.41) is 3.16. The van der Waals surface area contributed by atoms with Crippen molar-refractivity contribution in [2.45, 2.75) is 26.7 Å². The Kier molecular flexibility index (Phi) is 5.93. The molecule has 0 rings (SSSR count). The maximum Gasteiger partial charge on any atom is 0.0218 e. The highest BCUT2D eigenvalue weighted by atomic mass is 14.8. The van der Waals surface area contributed by atoms with Crippen molar-refractivity contribution in [1.29, 1.82) is 0 Å². The van der Waals surface area contributed by atoms with Crippen molar-refractivity contribution >= 4 is 0 Å². The molecule has 1 nitrogen and oxygen atoms in total. The van der Waals surface area contributed by atoms with Crippen molar-refractivity contribution in [1.82, 2.24) is 5.32 Å². The Balaban J connectivity index is 2.45. The molecule has 0 aliphatic carbocycles. The number of hydrogen-bond acceptors (Lipinski definition) is 1. The van der Waals surface area contributed by atoms with Crippen LogP contribution in [0.3, 0.4) is 0 Å². The Morgan fingerprint density at radius 3 is 2.57 bits per heavy atom. The molecular weight excluding hydrogens is 86.1 g/mol. The van der Waals surface area contributed by atoms with Crippen LogP contribution in [0.5, 0.6) is 0 Å². The molecule has 0 spiro atoms. The summed E-state index contributed by atoms with van der Waals surface area (Å²) in [6.45, 7) is 7.50. The van der Waals surface area contributed by atoms with Gasteiger partial charge in [-0.2, -0.15) is 0 Å². The molecule has 0 saturated carbocycles. The Labute approximate surface area is 46.1 Å². The monoisotopic (exact) mass is 100 g/mol. The molecule has 0 unspecified atom stereocenters. The Bertz CT molecular complexity index is 23.4. The van der Waals surface area contributed by atoms with Gasteiger partial charge in [0.2, 0.25) is 0 Å². The Morgan fingerprint density at radius 2 is 2.14 bits per heavy atom. The maximum atomic E-state index is 3.16. The van der Waals surface area contributed by atoms with Gasteiger partial charge in [0.15, 0.2) is 0 Å². The van der Waals surface area contributed by atoms with Gasteiger partial charge in [0.1, 0.15) is 0 Å². The lowest BCUT2D eigenvalue weighted by Gasteiger charge is -1.94.